The Morgan fingerprint density at radius 3 is 2.00 bits per heavy atom. The van der Waals surface area contributed by atoms with Crippen molar-refractivity contribution < 1.29 is 19.1 Å². The summed E-state index contributed by atoms with van der Waals surface area (Å²) >= 11 is 0. The third-order valence-corrected chi connectivity index (χ3v) is 3.00. The van der Waals surface area contributed by atoms with Crippen molar-refractivity contribution in [3.63, 3.8) is 0 Å². The molecule has 0 aliphatic rings. The molecule has 0 aliphatic carbocycles. The molecule has 0 unspecified atom stereocenters. The van der Waals surface area contributed by atoms with Crippen LogP contribution in [-0.4, -0.2) is 43.9 Å². The number of carbonyl (C=O) groups is 3. The van der Waals surface area contributed by atoms with Crippen LogP contribution < -0.4 is 5.73 Å². The van der Waals surface area contributed by atoms with Crippen LogP contribution in [-0.2, 0) is 25.5 Å². The van der Waals surface area contributed by atoms with Crippen molar-refractivity contribution in [2.45, 2.75) is 6.42 Å². The van der Waals surface area contributed by atoms with E-state index in [-0.39, 0.29) is 13.0 Å². The summed E-state index contributed by atoms with van der Waals surface area (Å²) < 4.78 is 4.71. The normalized spacial score (nSPS) is 9.36. The third-order valence-electron chi connectivity index (χ3n) is 3.00. The highest BCUT2D eigenvalue weighted by Gasteiger charge is 2.06. The molecule has 132 valence electrons. The molecule has 2 amide bonds. The summed E-state index contributed by atoms with van der Waals surface area (Å²) in [6.07, 6.45) is 0.877. The number of hydrogen-bond acceptors (Lipinski definition) is 4. The van der Waals surface area contributed by atoms with E-state index in [0.29, 0.717) is 0 Å². The maximum atomic E-state index is 11.4. The minimum absolute atomic E-state index is 0.127. The molecule has 0 fully saturated rings. The van der Waals surface area contributed by atoms with E-state index in [0.717, 1.165) is 23.1 Å². The molecule has 0 radical (unpaired) electrons. The maximum Gasteiger partial charge on any atom is 0.310 e. The summed E-state index contributed by atoms with van der Waals surface area (Å²) in [5.74, 6) is -1.12. The average molecular weight is 342 g/mol. The largest absolute Gasteiger partial charge is 0.455 e. The van der Waals surface area contributed by atoms with Gasteiger partial charge in [-0.1, -0.05) is 54.6 Å². The monoisotopic (exact) mass is 342 g/mol. The van der Waals surface area contributed by atoms with E-state index in [1.807, 2.05) is 54.6 Å². The highest BCUT2D eigenvalue weighted by molar-refractivity contribution is 5.80. The van der Waals surface area contributed by atoms with Gasteiger partial charge in [0.25, 0.3) is 5.91 Å². The van der Waals surface area contributed by atoms with Gasteiger partial charge in [-0.3, -0.25) is 14.4 Å². The number of nitrogens with two attached hydrogens (primary N) is 1. The lowest BCUT2D eigenvalue weighted by molar-refractivity contribution is -0.147. The van der Waals surface area contributed by atoms with E-state index in [4.69, 9.17) is 10.5 Å². The number of rotatable bonds is 6. The quantitative estimate of drug-likeness (QED) is 0.638. The third kappa shape index (κ3) is 8.31. The second-order valence-electron chi connectivity index (χ2n) is 5.44. The molecular weight excluding hydrogens is 320 g/mol. The fraction of sp³-hybridized carbons (Fsp3) is 0.211. The second kappa shape index (κ2) is 10.6. The molecule has 2 aromatic carbocycles. The van der Waals surface area contributed by atoms with Crippen molar-refractivity contribution in [2.75, 3.05) is 20.7 Å². The van der Waals surface area contributed by atoms with Crippen LogP contribution in [0.15, 0.2) is 54.6 Å². The van der Waals surface area contributed by atoms with Crippen molar-refractivity contribution in [2.24, 2.45) is 5.73 Å². The molecule has 2 rings (SSSR count). The van der Waals surface area contributed by atoms with Gasteiger partial charge in [0.1, 0.15) is 0 Å². The highest BCUT2D eigenvalue weighted by atomic mass is 16.5. The van der Waals surface area contributed by atoms with Crippen molar-refractivity contribution in [3.8, 4) is 11.1 Å². The molecule has 0 saturated heterocycles. The Morgan fingerprint density at radius 2 is 1.52 bits per heavy atom. The molecule has 2 aromatic rings. The van der Waals surface area contributed by atoms with Crippen molar-refractivity contribution in [3.05, 3.63) is 60.2 Å². The van der Waals surface area contributed by atoms with Crippen molar-refractivity contribution >= 4 is 18.3 Å². The first-order chi connectivity index (χ1) is 11.9. The standard InChI is InChI=1S/C16H15NO3.C3H7NO/c17-15(18)11-20-16(19)10-12-6-8-14(9-7-12)13-4-2-1-3-5-13;1-4(2)3-5/h1-9H,10-11H2,(H2,17,18);3H,1-2H3. The zero-order valence-electron chi connectivity index (χ0n) is 14.3. The zero-order chi connectivity index (χ0) is 18.7. The molecule has 25 heavy (non-hydrogen) atoms. The Bertz CT molecular complexity index is 682. The maximum absolute atomic E-state index is 11.4. The number of hydrogen-bond donors (Lipinski definition) is 1. The highest BCUT2D eigenvalue weighted by Crippen LogP contribution is 2.19. The van der Waals surface area contributed by atoms with Gasteiger partial charge in [0.15, 0.2) is 6.61 Å². The number of amides is 2. The first-order valence-corrected chi connectivity index (χ1v) is 7.62. The van der Waals surface area contributed by atoms with E-state index in [9.17, 15) is 14.4 Å². The summed E-state index contributed by atoms with van der Waals surface area (Å²) in [4.78, 5) is 32.8. The van der Waals surface area contributed by atoms with Gasteiger partial charge in [-0.05, 0) is 16.7 Å². The fourth-order valence-electron chi connectivity index (χ4n) is 1.81. The molecule has 0 saturated carbocycles. The van der Waals surface area contributed by atoms with Crippen LogP contribution in [0.25, 0.3) is 11.1 Å². The summed E-state index contributed by atoms with van der Waals surface area (Å²) in [7, 11) is 3.38. The number of esters is 1. The van der Waals surface area contributed by atoms with Crippen LogP contribution in [0.1, 0.15) is 5.56 Å². The molecule has 6 heteroatoms. The number of benzene rings is 2. The van der Waals surface area contributed by atoms with Gasteiger partial charge in [0, 0.05) is 14.1 Å². The predicted molar refractivity (Wildman–Crippen MR) is 95.5 cm³/mol. The SMILES string of the molecule is CN(C)C=O.NC(=O)COC(=O)Cc1ccc(-c2ccccc2)cc1. The molecule has 0 aromatic heterocycles. The average Bonchev–Trinajstić information content (AvgIpc) is 2.62. The molecule has 0 bridgehead atoms. The smallest absolute Gasteiger partial charge is 0.310 e. The van der Waals surface area contributed by atoms with Gasteiger partial charge in [-0.15, -0.1) is 0 Å². The van der Waals surface area contributed by atoms with Crippen LogP contribution in [0.3, 0.4) is 0 Å². The zero-order valence-corrected chi connectivity index (χ0v) is 14.3. The van der Waals surface area contributed by atoms with Gasteiger partial charge in [0.2, 0.25) is 6.41 Å². The van der Waals surface area contributed by atoms with Gasteiger partial charge in [-0.2, -0.15) is 0 Å². The summed E-state index contributed by atoms with van der Waals surface area (Å²) in [6, 6.07) is 17.6. The molecule has 0 heterocycles. The topological polar surface area (TPSA) is 89.7 Å². The van der Waals surface area contributed by atoms with E-state index < -0.39 is 11.9 Å². The Kier molecular flexibility index (Phi) is 8.43. The molecule has 2 N–H and O–H groups in total. The van der Waals surface area contributed by atoms with E-state index in [1.54, 1.807) is 14.1 Å². The van der Waals surface area contributed by atoms with E-state index in [2.05, 4.69) is 0 Å². The van der Waals surface area contributed by atoms with E-state index >= 15 is 0 Å². The van der Waals surface area contributed by atoms with Gasteiger partial charge in [0.05, 0.1) is 6.42 Å². The van der Waals surface area contributed by atoms with Gasteiger partial charge < -0.3 is 15.4 Å². The number of primary amides is 1. The van der Waals surface area contributed by atoms with Crippen LogP contribution >= 0.6 is 0 Å². The first-order valence-electron chi connectivity index (χ1n) is 7.62. The van der Waals surface area contributed by atoms with Crippen molar-refractivity contribution in [1.29, 1.82) is 0 Å². The Balaban J connectivity index is 0.000000550. The molecule has 0 aliphatic heterocycles. The van der Waals surface area contributed by atoms with Crippen LogP contribution in [0.2, 0.25) is 0 Å². The molecule has 0 spiro atoms. The predicted octanol–water partition coefficient (Wildman–Crippen LogP) is 1.63. The summed E-state index contributed by atoms with van der Waals surface area (Å²) in [5.41, 5.74) is 7.94. The van der Waals surface area contributed by atoms with Gasteiger partial charge in [-0.25, -0.2) is 0 Å². The Hall–Kier alpha value is -3.15. The number of nitrogens with zero attached hydrogens (tertiary/aromatic N) is 1. The molecule has 6 nitrogen and oxygen atoms in total. The lowest BCUT2D eigenvalue weighted by Crippen LogP contribution is -2.21. The second-order valence-corrected chi connectivity index (χ2v) is 5.44. The lowest BCUT2D eigenvalue weighted by Gasteiger charge is -2.05. The minimum Gasteiger partial charge on any atom is -0.455 e. The van der Waals surface area contributed by atoms with Crippen molar-refractivity contribution in [1.82, 2.24) is 4.90 Å². The molecular formula is C19H22N2O4. The van der Waals surface area contributed by atoms with Crippen LogP contribution in [0.5, 0.6) is 0 Å². The minimum atomic E-state index is -0.655. The molecule has 0 atom stereocenters. The summed E-state index contributed by atoms with van der Waals surface area (Å²) in [6.45, 7) is -0.374. The Labute approximate surface area is 147 Å². The number of ether oxygens (including phenoxy) is 1. The van der Waals surface area contributed by atoms with Crippen LogP contribution in [0, 0.1) is 0 Å². The van der Waals surface area contributed by atoms with Crippen LogP contribution in [0.4, 0.5) is 0 Å². The summed E-state index contributed by atoms with van der Waals surface area (Å²) in [5, 5.41) is 0. The fourth-order valence-corrected chi connectivity index (χ4v) is 1.81. The lowest BCUT2D eigenvalue weighted by atomic mass is 10.0. The number of carbonyl (C=O) groups excluding carboxylic acids is 3. The van der Waals surface area contributed by atoms with Gasteiger partial charge >= 0.3 is 5.97 Å². The van der Waals surface area contributed by atoms with E-state index in [1.165, 1.54) is 4.90 Å². The first kappa shape index (κ1) is 19.9. The Morgan fingerprint density at radius 1 is 1.00 bits per heavy atom.